The summed E-state index contributed by atoms with van der Waals surface area (Å²) >= 11 is 0. The van der Waals surface area contributed by atoms with Crippen LogP contribution in [0.3, 0.4) is 0 Å². The Morgan fingerprint density at radius 1 is 1.12 bits per heavy atom. The zero-order chi connectivity index (χ0) is 18.4. The van der Waals surface area contributed by atoms with Crippen LogP contribution in [-0.2, 0) is 11.2 Å². The summed E-state index contributed by atoms with van der Waals surface area (Å²) in [5, 5.41) is 14.1. The van der Waals surface area contributed by atoms with E-state index in [0.29, 0.717) is 5.56 Å². The Kier molecular flexibility index (Phi) is 6.61. The van der Waals surface area contributed by atoms with E-state index in [2.05, 4.69) is 10.2 Å². The zero-order valence-corrected chi connectivity index (χ0v) is 15.4. The van der Waals surface area contributed by atoms with Crippen molar-refractivity contribution in [1.29, 1.82) is 0 Å². The maximum Gasteiger partial charge on any atom is 0.273 e. The predicted octanol–water partition coefficient (Wildman–Crippen LogP) is 3.30. The number of piperidine rings is 1. The first-order valence-corrected chi connectivity index (χ1v) is 9.86. The van der Waals surface area contributed by atoms with E-state index in [9.17, 15) is 14.9 Å². The lowest BCUT2D eigenvalue weighted by Gasteiger charge is -2.35. The maximum absolute atomic E-state index is 12.3. The largest absolute Gasteiger partial charge is 0.353 e. The van der Waals surface area contributed by atoms with Crippen LogP contribution in [0.25, 0.3) is 0 Å². The molecule has 1 aromatic carbocycles. The van der Waals surface area contributed by atoms with Crippen LogP contribution < -0.4 is 5.32 Å². The topological polar surface area (TPSA) is 75.5 Å². The van der Waals surface area contributed by atoms with E-state index in [-0.39, 0.29) is 24.1 Å². The third kappa shape index (κ3) is 5.27. The molecular weight excluding hydrogens is 330 g/mol. The van der Waals surface area contributed by atoms with Crippen molar-refractivity contribution in [2.24, 2.45) is 5.92 Å². The second-order valence-electron chi connectivity index (χ2n) is 7.71. The van der Waals surface area contributed by atoms with Gasteiger partial charge in [-0.05, 0) is 31.6 Å². The fraction of sp³-hybridized carbons (Fsp3) is 0.650. The molecule has 1 aromatic rings. The molecule has 3 rings (SSSR count). The van der Waals surface area contributed by atoms with Gasteiger partial charge in [0.1, 0.15) is 0 Å². The van der Waals surface area contributed by atoms with Crippen LogP contribution >= 0.6 is 0 Å². The van der Waals surface area contributed by atoms with E-state index < -0.39 is 4.92 Å². The number of hydrogen-bond donors (Lipinski definition) is 1. The van der Waals surface area contributed by atoms with Crippen molar-refractivity contribution in [3.05, 3.63) is 39.9 Å². The van der Waals surface area contributed by atoms with Crippen LogP contribution in [0.4, 0.5) is 5.69 Å². The van der Waals surface area contributed by atoms with Crippen LogP contribution in [0.2, 0.25) is 0 Å². The van der Waals surface area contributed by atoms with Crippen LogP contribution in [-0.4, -0.2) is 41.4 Å². The van der Waals surface area contributed by atoms with Crippen molar-refractivity contribution in [2.75, 3.05) is 19.6 Å². The second kappa shape index (κ2) is 9.12. The molecule has 1 amide bonds. The Hall–Kier alpha value is -1.95. The summed E-state index contributed by atoms with van der Waals surface area (Å²) in [6.07, 6.45) is 8.89. The summed E-state index contributed by atoms with van der Waals surface area (Å²) in [4.78, 5) is 25.5. The van der Waals surface area contributed by atoms with Gasteiger partial charge in [-0.3, -0.25) is 14.9 Å². The van der Waals surface area contributed by atoms with Gasteiger partial charge in [-0.15, -0.1) is 0 Å². The maximum atomic E-state index is 12.3. The molecule has 6 heteroatoms. The van der Waals surface area contributed by atoms with Crippen molar-refractivity contribution >= 4 is 11.6 Å². The van der Waals surface area contributed by atoms with Crippen LogP contribution in [0.1, 0.15) is 50.5 Å². The first kappa shape index (κ1) is 18.8. The van der Waals surface area contributed by atoms with Gasteiger partial charge in [-0.2, -0.15) is 0 Å². The number of hydrogen-bond acceptors (Lipinski definition) is 4. The Morgan fingerprint density at radius 2 is 1.81 bits per heavy atom. The summed E-state index contributed by atoms with van der Waals surface area (Å²) in [7, 11) is 0. The third-order valence-corrected chi connectivity index (χ3v) is 5.73. The number of benzene rings is 1. The number of nitro benzene ring substituents is 1. The normalized spacial score (nSPS) is 20.0. The Labute approximate surface area is 155 Å². The van der Waals surface area contributed by atoms with Gasteiger partial charge in [-0.25, -0.2) is 0 Å². The number of nitrogens with zero attached hydrogens (tertiary/aromatic N) is 2. The molecule has 0 aromatic heterocycles. The second-order valence-corrected chi connectivity index (χ2v) is 7.71. The molecule has 0 bridgehead atoms. The lowest BCUT2D eigenvalue weighted by Crippen LogP contribution is -2.46. The highest BCUT2D eigenvalue weighted by Crippen LogP contribution is 2.25. The van der Waals surface area contributed by atoms with Gasteiger partial charge in [0.25, 0.3) is 5.69 Å². The van der Waals surface area contributed by atoms with Crippen molar-refractivity contribution in [3.63, 3.8) is 0 Å². The highest BCUT2D eigenvalue weighted by molar-refractivity contribution is 5.80. The first-order valence-electron chi connectivity index (χ1n) is 9.86. The predicted molar refractivity (Wildman–Crippen MR) is 101 cm³/mol. The Bertz CT molecular complexity index is 620. The van der Waals surface area contributed by atoms with E-state index in [1.807, 2.05) is 0 Å². The fourth-order valence-corrected chi connectivity index (χ4v) is 4.28. The van der Waals surface area contributed by atoms with Crippen molar-refractivity contribution in [1.82, 2.24) is 10.2 Å². The molecule has 0 atom stereocenters. The van der Waals surface area contributed by atoms with E-state index in [0.717, 1.165) is 31.8 Å². The summed E-state index contributed by atoms with van der Waals surface area (Å²) < 4.78 is 0. The van der Waals surface area contributed by atoms with Gasteiger partial charge >= 0.3 is 0 Å². The molecule has 1 heterocycles. The number of carbonyl (C=O) groups excluding carboxylic acids is 1. The lowest BCUT2D eigenvalue weighted by atomic mass is 9.88. The molecule has 0 unspecified atom stereocenters. The minimum atomic E-state index is -0.424. The minimum absolute atomic E-state index is 0.0185. The molecule has 2 aliphatic rings. The Morgan fingerprint density at radius 3 is 2.50 bits per heavy atom. The molecule has 1 N–H and O–H groups in total. The Balaban J connectivity index is 1.43. The minimum Gasteiger partial charge on any atom is -0.353 e. The van der Waals surface area contributed by atoms with Crippen molar-refractivity contribution < 1.29 is 9.72 Å². The van der Waals surface area contributed by atoms with Gasteiger partial charge in [0.2, 0.25) is 5.91 Å². The SMILES string of the molecule is O=C(Cc1ccccc1[N+](=O)[O-])NC1CCN(CC2CCCCC2)CC1. The van der Waals surface area contributed by atoms with Crippen molar-refractivity contribution in [2.45, 2.75) is 57.4 Å². The summed E-state index contributed by atoms with van der Waals surface area (Å²) in [5.41, 5.74) is 0.495. The molecule has 2 fully saturated rings. The van der Waals surface area contributed by atoms with Crippen LogP contribution in [0.15, 0.2) is 24.3 Å². The summed E-state index contributed by atoms with van der Waals surface area (Å²) in [6, 6.07) is 6.66. The molecule has 1 saturated carbocycles. The van der Waals surface area contributed by atoms with Gasteiger partial charge in [0.05, 0.1) is 11.3 Å². The number of carbonyl (C=O) groups is 1. The standard InChI is InChI=1S/C20H29N3O3/c24-20(14-17-8-4-5-9-19(17)23(25)26)21-18-10-12-22(13-11-18)15-16-6-2-1-3-7-16/h4-5,8-9,16,18H,1-3,6-7,10-15H2,(H,21,24). The number of para-hydroxylation sites is 1. The highest BCUT2D eigenvalue weighted by atomic mass is 16.6. The molecule has 142 valence electrons. The molecule has 26 heavy (non-hydrogen) atoms. The van der Waals surface area contributed by atoms with Crippen LogP contribution in [0.5, 0.6) is 0 Å². The first-order chi connectivity index (χ1) is 12.6. The number of nitrogens with one attached hydrogen (secondary N) is 1. The van der Waals surface area contributed by atoms with E-state index in [4.69, 9.17) is 0 Å². The molecule has 0 spiro atoms. The van der Waals surface area contributed by atoms with Gasteiger partial charge < -0.3 is 10.2 Å². The monoisotopic (exact) mass is 359 g/mol. The fourth-order valence-electron chi connectivity index (χ4n) is 4.28. The lowest BCUT2D eigenvalue weighted by molar-refractivity contribution is -0.385. The molecule has 1 saturated heterocycles. The number of likely N-dealkylation sites (tertiary alicyclic amines) is 1. The summed E-state index contributed by atoms with van der Waals surface area (Å²) in [6.45, 7) is 3.27. The zero-order valence-electron chi connectivity index (χ0n) is 15.4. The average Bonchev–Trinajstić information content (AvgIpc) is 2.64. The molecule has 1 aliphatic carbocycles. The van der Waals surface area contributed by atoms with E-state index >= 15 is 0 Å². The number of amides is 1. The molecule has 0 radical (unpaired) electrons. The highest BCUT2D eigenvalue weighted by Gasteiger charge is 2.24. The smallest absolute Gasteiger partial charge is 0.273 e. The number of nitro groups is 1. The van der Waals surface area contributed by atoms with Gasteiger partial charge in [0, 0.05) is 37.3 Å². The van der Waals surface area contributed by atoms with Crippen molar-refractivity contribution in [3.8, 4) is 0 Å². The number of rotatable bonds is 6. The molecule has 6 nitrogen and oxygen atoms in total. The van der Waals surface area contributed by atoms with E-state index in [1.54, 1.807) is 18.2 Å². The summed E-state index contributed by atoms with van der Waals surface area (Å²) in [5.74, 6) is 0.735. The third-order valence-electron chi connectivity index (χ3n) is 5.73. The average molecular weight is 359 g/mol. The van der Waals surface area contributed by atoms with Gasteiger partial charge in [0.15, 0.2) is 0 Å². The molecular formula is C20H29N3O3. The van der Waals surface area contributed by atoms with Crippen LogP contribution in [0, 0.1) is 16.0 Å². The quantitative estimate of drug-likeness (QED) is 0.625. The van der Waals surface area contributed by atoms with Gasteiger partial charge in [-0.1, -0.05) is 37.5 Å². The molecule has 1 aliphatic heterocycles. The van der Waals surface area contributed by atoms with E-state index in [1.165, 1.54) is 44.7 Å².